The van der Waals surface area contributed by atoms with Gasteiger partial charge in [0.2, 0.25) is 5.91 Å². The minimum Gasteiger partial charge on any atom is -0.379 e. The van der Waals surface area contributed by atoms with Crippen molar-refractivity contribution in [1.82, 2.24) is 10.2 Å². The van der Waals surface area contributed by atoms with Gasteiger partial charge in [-0.25, -0.2) is 0 Å². The van der Waals surface area contributed by atoms with Gasteiger partial charge in [-0.05, 0) is 25.0 Å². The number of nitrogens with one attached hydrogen (secondary N) is 1. The van der Waals surface area contributed by atoms with Crippen LogP contribution in [-0.4, -0.2) is 49.8 Å². The second-order valence-electron chi connectivity index (χ2n) is 7.32. The molecule has 2 aromatic carbocycles. The molecule has 1 amide bonds. The molecule has 1 aliphatic rings. The van der Waals surface area contributed by atoms with Crippen molar-refractivity contribution in [3.63, 3.8) is 0 Å². The summed E-state index contributed by atoms with van der Waals surface area (Å²) >= 11 is 0. The van der Waals surface area contributed by atoms with Crippen molar-refractivity contribution in [2.24, 2.45) is 0 Å². The number of benzene rings is 2. The molecule has 0 spiro atoms. The summed E-state index contributed by atoms with van der Waals surface area (Å²) in [7, 11) is 0. The van der Waals surface area contributed by atoms with Gasteiger partial charge in [-0.3, -0.25) is 9.69 Å². The summed E-state index contributed by atoms with van der Waals surface area (Å²) in [5, 5.41) is 3.19. The van der Waals surface area contributed by atoms with E-state index >= 15 is 0 Å². The maximum atomic E-state index is 12.8. The van der Waals surface area contributed by atoms with E-state index in [1.807, 2.05) is 30.3 Å². The van der Waals surface area contributed by atoms with Crippen molar-refractivity contribution in [2.75, 3.05) is 32.8 Å². The predicted molar refractivity (Wildman–Crippen MR) is 110 cm³/mol. The van der Waals surface area contributed by atoms with Gasteiger partial charge in [-0.15, -0.1) is 0 Å². The Hall–Kier alpha value is -2.21. The molecule has 0 aliphatic carbocycles. The fourth-order valence-corrected chi connectivity index (χ4v) is 3.24. The van der Waals surface area contributed by atoms with Crippen LogP contribution in [0, 0.1) is 6.92 Å². The Kier molecular flexibility index (Phi) is 7.60. The van der Waals surface area contributed by atoms with E-state index in [0.717, 1.165) is 44.0 Å². The maximum Gasteiger partial charge on any atom is 0.249 e. The van der Waals surface area contributed by atoms with Crippen LogP contribution in [0.2, 0.25) is 0 Å². The number of carbonyl (C=O) groups excluding carboxylic acids is 1. The fourth-order valence-electron chi connectivity index (χ4n) is 3.24. The zero-order valence-electron chi connectivity index (χ0n) is 16.8. The summed E-state index contributed by atoms with van der Waals surface area (Å²) in [4.78, 5) is 15.1. The van der Waals surface area contributed by atoms with Crippen molar-refractivity contribution < 1.29 is 14.3 Å². The standard InChI is InChI=1S/C23H30N2O3/c1-18-8-10-21(11-9-18)22(16-25-12-14-27-15-13-25)24-23(26)19(2)28-17-20-6-4-3-5-7-20/h3-11,19,22H,12-17H2,1-2H3,(H,24,26). The monoisotopic (exact) mass is 382 g/mol. The van der Waals surface area contributed by atoms with E-state index in [2.05, 4.69) is 41.4 Å². The summed E-state index contributed by atoms with van der Waals surface area (Å²) in [5.41, 5.74) is 3.38. The lowest BCUT2D eigenvalue weighted by Crippen LogP contribution is -2.45. The van der Waals surface area contributed by atoms with Crippen molar-refractivity contribution in [3.8, 4) is 0 Å². The number of morpholine rings is 1. The summed E-state index contributed by atoms with van der Waals surface area (Å²) in [6.45, 7) is 8.32. The van der Waals surface area contributed by atoms with Crippen molar-refractivity contribution in [3.05, 3.63) is 71.3 Å². The van der Waals surface area contributed by atoms with E-state index in [1.165, 1.54) is 5.56 Å². The SMILES string of the molecule is Cc1ccc(C(CN2CCOCC2)NC(=O)C(C)OCc2ccccc2)cc1. The third-order valence-corrected chi connectivity index (χ3v) is 5.05. The minimum absolute atomic E-state index is 0.0750. The third-order valence-electron chi connectivity index (χ3n) is 5.05. The second-order valence-corrected chi connectivity index (χ2v) is 7.32. The summed E-state index contributed by atoms with van der Waals surface area (Å²) in [6.07, 6.45) is -0.516. The molecule has 5 heteroatoms. The molecule has 3 rings (SSSR count). The van der Waals surface area contributed by atoms with Crippen LogP contribution in [-0.2, 0) is 20.9 Å². The highest BCUT2D eigenvalue weighted by Crippen LogP contribution is 2.17. The molecule has 28 heavy (non-hydrogen) atoms. The van der Waals surface area contributed by atoms with Gasteiger partial charge in [0, 0.05) is 19.6 Å². The number of hydrogen-bond donors (Lipinski definition) is 1. The predicted octanol–water partition coefficient (Wildman–Crippen LogP) is 3.09. The number of rotatable bonds is 8. The van der Waals surface area contributed by atoms with Crippen LogP contribution in [0.25, 0.3) is 0 Å². The van der Waals surface area contributed by atoms with E-state index < -0.39 is 6.10 Å². The zero-order valence-corrected chi connectivity index (χ0v) is 16.8. The second kappa shape index (κ2) is 10.4. The quantitative estimate of drug-likeness (QED) is 0.762. The summed E-state index contributed by atoms with van der Waals surface area (Å²) < 4.78 is 11.2. The van der Waals surface area contributed by atoms with Crippen molar-refractivity contribution >= 4 is 5.91 Å². The van der Waals surface area contributed by atoms with Gasteiger partial charge >= 0.3 is 0 Å². The highest BCUT2D eigenvalue weighted by Gasteiger charge is 2.23. The fraction of sp³-hybridized carbons (Fsp3) is 0.435. The molecule has 2 atom stereocenters. The maximum absolute atomic E-state index is 12.8. The minimum atomic E-state index is -0.516. The molecule has 1 saturated heterocycles. The lowest BCUT2D eigenvalue weighted by atomic mass is 10.0. The molecular weight excluding hydrogens is 352 g/mol. The number of carbonyl (C=O) groups is 1. The number of hydrogen-bond acceptors (Lipinski definition) is 4. The Morgan fingerprint density at radius 3 is 2.46 bits per heavy atom. The molecule has 1 aliphatic heterocycles. The lowest BCUT2D eigenvalue weighted by molar-refractivity contribution is -0.133. The average molecular weight is 383 g/mol. The number of ether oxygens (including phenoxy) is 2. The zero-order chi connectivity index (χ0) is 19.8. The van der Waals surface area contributed by atoms with Gasteiger partial charge in [0.05, 0.1) is 25.9 Å². The molecule has 1 heterocycles. The van der Waals surface area contributed by atoms with Gasteiger partial charge in [0.25, 0.3) is 0 Å². The first kappa shape index (κ1) is 20.5. The summed E-state index contributed by atoms with van der Waals surface area (Å²) in [6, 6.07) is 18.2. The Morgan fingerprint density at radius 1 is 1.11 bits per heavy atom. The molecule has 0 bridgehead atoms. The molecule has 5 nitrogen and oxygen atoms in total. The van der Waals surface area contributed by atoms with E-state index in [-0.39, 0.29) is 11.9 Å². The van der Waals surface area contributed by atoms with Crippen LogP contribution in [0.1, 0.15) is 29.7 Å². The van der Waals surface area contributed by atoms with Gasteiger partial charge < -0.3 is 14.8 Å². The lowest BCUT2D eigenvalue weighted by Gasteiger charge is -2.31. The van der Waals surface area contributed by atoms with Crippen LogP contribution in [0.5, 0.6) is 0 Å². The van der Waals surface area contributed by atoms with Crippen LogP contribution >= 0.6 is 0 Å². The Balaban J connectivity index is 1.61. The molecule has 1 fully saturated rings. The highest BCUT2D eigenvalue weighted by molar-refractivity contribution is 5.80. The molecule has 0 radical (unpaired) electrons. The number of amides is 1. The first-order valence-electron chi connectivity index (χ1n) is 9.94. The van der Waals surface area contributed by atoms with Crippen molar-refractivity contribution in [2.45, 2.75) is 32.6 Å². The number of nitrogens with zero attached hydrogens (tertiary/aromatic N) is 1. The first-order valence-corrected chi connectivity index (χ1v) is 9.94. The van der Waals surface area contributed by atoms with Crippen molar-refractivity contribution in [1.29, 1.82) is 0 Å². The normalized spacial score (nSPS) is 17.1. The van der Waals surface area contributed by atoms with Gasteiger partial charge in [-0.1, -0.05) is 60.2 Å². The molecule has 0 saturated carbocycles. The van der Waals surface area contributed by atoms with E-state index in [9.17, 15) is 4.79 Å². The largest absolute Gasteiger partial charge is 0.379 e. The first-order chi connectivity index (χ1) is 13.6. The van der Waals surface area contributed by atoms with Crippen LogP contribution in [0.4, 0.5) is 0 Å². The average Bonchev–Trinajstić information content (AvgIpc) is 2.73. The molecule has 2 aromatic rings. The Bertz CT molecular complexity index is 727. The Labute approximate surface area is 167 Å². The molecule has 1 N–H and O–H groups in total. The van der Waals surface area contributed by atoms with Crippen LogP contribution in [0.15, 0.2) is 54.6 Å². The van der Waals surface area contributed by atoms with E-state index in [1.54, 1.807) is 6.92 Å². The van der Waals surface area contributed by atoms with Crippen LogP contribution in [0.3, 0.4) is 0 Å². The van der Waals surface area contributed by atoms with Gasteiger partial charge in [0.1, 0.15) is 6.10 Å². The topological polar surface area (TPSA) is 50.8 Å². The van der Waals surface area contributed by atoms with Gasteiger partial charge in [0.15, 0.2) is 0 Å². The third kappa shape index (κ3) is 6.16. The molecule has 0 aromatic heterocycles. The molecule has 2 unspecified atom stereocenters. The number of aryl methyl sites for hydroxylation is 1. The molecular formula is C23H30N2O3. The van der Waals surface area contributed by atoms with Crippen LogP contribution < -0.4 is 5.32 Å². The summed E-state index contributed by atoms with van der Waals surface area (Å²) in [5.74, 6) is -0.0882. The van der Waals surface area contributed by atoms with Gasteiger partial charge in [-0.2, -0.15) is 0 Å². The smallest absolute Gasteiger partial charge is 0.249 e. The van der Waals surface area contributed by atoms with E-state index in [4.69, 9.17) is 9.47 Å². The Morgan fingerprint density at radius 2 is 1.79 bits per heavy atom. The highest BCUT2D eigenvalue weighted by atomic mass is 16.5. The van der Waals surface area contributed by atoms with E-state index in [0.29, 0.717) is 6.61 Å². The molecule has 150 valence electrons.